The molecule has 0 atom stereocenters. The Kier molecular flexibility index (Phi) is 6.04. The van der Waals surface area contributed by atoms with Crippen molar-refractivity contribution < 1.29 is 0 Å². The van der Waals surface area contributed by atoms with E-state index in [4.69, 9.17) is 4.98 Å². The number of nitrogens with zero attached hydrogens (tertiary/aromatic N) is 2. The van der Waals surface area contributed by atoms with Crippen molar-refractivity contribution in [3.05, 3.63) is 148 Å². The van der Waals surface area contributed by atoms with Crippen LogP contribution in [0.3, 0.4) is 0 Å². The first-order valence-electron chi connectivity index (χ1n) is 14.4. The number of thiophene rings is 6. The maximum atomic E-state index is 5.75. The van der Waals surface area contributed by atoms with Gasteiger partial charge in [0.05, 0.1) is 31.7 Å². The van der Waals surface area contributed by atoms with E-state index in [9.17, 15) is 0 Å². The third-order valence-corrected chi connectivity index (χ3v) is 13.7. The van der Waals surface area contributed by atoms with E-state index in [0.29, 0.717) is 0 Å². The lowest BCUT2D eigenvalue weighted by molar-refractivity contribution is 1.21. The molecule has 0 bridgehead atoms. The predicted octanol–water partition coefficient (Wildman–Crippen LogP) is 12.6. The lowest BCUT2D eigenvalue weighted by Gasteiger charge is -2.40. The molecule has 0 fully saturated rings. The van der Waals surface area contributed by atoms with Crippen LogP contribution in [0.2, 0.25) is 0 Å². The molecule has 0 amide bonds. The second-order valence-electron chi connectivity index (χ2n) is 10.7. The number of pyridine rings is 1. The Morgan fingerprint density at radius 1 is 0.467 bits per heavy atom. The third kappa shape index (κ3) is 3.84. The van der Waals surface area contributed by atoms with E-state index in [1.54, 1.807) is 34.0 Å². The molecule has 0 N–H and O–H groups in total. The molecule has 8 heteroatoms. The number of hydrogen-bond acceptors (Lipinski definition) is 8. The minimum absolute atomic E-state index is 1.01. The van der Waals surface area contributed by atoms with Crippen molar-refractivity contribution in [3.63, 3.8) is 0 Å². The molecule has 0 saturated carbocycles. The zero-order valence-corrected chi connectivity index (χ0v) is 28.3. The molecular weight excluding hydrogens is 665 g/mol. The van der Waals surface area contributed by atoms with Crippen LogP contribution in [0, 0.1) is 0 Å². The second-order valence-corrected chi connectivity index (χ2v) is 16.4. The topological polar surface area (TPSA) is 16.1 Å². The molecule has 2 aliphatic rings. The van der Waals surface area contributed by atoms with Crippen molar-refractivity contribution >= 4 is 107 Å². The largest absolute Gasteiger partial charge is 0.290 e. The molecule has 1 aromatic carbocycles. The molecule has 9 heterocycles. The van der Waals surface area contributed by atoms with Crippen LogP contribution in [0.25, 0.3) is 54.3 Å². The van der Waals surface area contributed by atoms with E-state index in [0.717, 1.165) is 11.5 Å². The Morgan fingerprint density at radius 2 is 1.07 bits per heavy atom. The lowest BCUT2D eigenvalue weighted by atomic mass is 9.85. The fourth-order valence-electron chi connectivity index (χ4n) is 6.67. The highest BCUT2D eigenvalue weighted by Gasteiger charge is 2.41. The van der Waals surface area contributed by atoms with Gasteiger partial charge in [0, 0.05) is 42.3 Å². The van der Waals surface area contributed by atoms with Crippen LogP contribution in [0.5, 0.6) is 0 Å². The van der Waals surface area contributed by atoms with Gasteiger partial charge in [0.15, 0.2) is 0 Å². The van der Waals surface area contributed by atoms with Crippen LogP contribution in [0.1, 0.15) is 30.6 Å². The quantitative estimate of drug-likeness (QED) is 0.179. The van der Waals surface area contributed by atoms with Crippen molar-refractivity contribution in [2.24, 2.45) is 0 Å². The number of hydrogen-bond donors (Lipinski definition) is 0. The molecule has 7 aromatic heterocycles. The summed E-state index contributed by atoms with van der Waals surface area (Å²) in [6, 6.07) is 31.2. The molecule has 0 aliphatic carbocycles. The highest BCUT2D eigenvalue weighted by molar-refractivity contribution is 7.15. The standard InChI is InChI=1S/C37H20N2S6/c1-7-21-29-22(8-1)31(25-10-3-16-41-25)35-36-23(14-20-45-36)32(26-11-4-17-42-26)34(28-13-6-19-44-28)39(35)37(29)38-33(27-12-5-18-43-27)30(21)24-9-2-15-40-24/h1-20H. The van der Waals surface area contributed by atoms with Crippen molar-refractivity contribution in [2.45, 2.75) is 0 Å². The van der Waals surface area contributed by atoms with E-state index < -0.39 is 0 Å². The van der Waals surface area contributed by atoms with Crippen LogP contribution in [0.4, 0.5) is 5.82 Å². The summed E-state index contributed by atoms with van der Waals surface area (Å²) >= 11 is 10.8. The van der Waals surface area contributed by atoms with Gasteiger partial charge in [0.1, 0.15) is 5.82 Å². The summed E-state index contributed by atoms with van der Waals surface area (Å²) < 4.78 is 0. The predicted molar refractivity (Wildman–Crippen MR) is 200 cm³/mol. The van der Waals surface area contributed by atoms with Gasteiger partial charge in [-0.25, -0.2) is 4.98 Å². The van der Waals surface area contributed by atoms with Crippen molar-refractivity contribution in [1.29, 1.82) is 0 Å². The number of fused-ring (bicyclic) bond motifs is 4. The van der Waals surface area contributed by atoms with Gasteiger partial charge >= 0.3 is 0 Å². The van der Waals surface area contributed by atoms with Crippen LogP contribution < -0.4 is 4.90 Å². The fraction of sp³-hybridized carbons (Fsp3) is 0. The summed E-state index contributed by atoms with van der Waals surface area (Å²) in [7, 11) is 0. The molecule has 0 unspecified atom stereocenters. The van der Waals surface area contributed by atoms with Crippen LogP contribution in [0.15, 0.2) is 117 Å². The van der Waals surface area contributed by atoms with E-state index in [2.05, 4.69) is 122 Å². The van der Waals surface area contributed by atoms with Gasteiger partial charge in [-0.15, -0.1) is 68.0 Å². The van der Waals surface area contributed by atoms with Gasteiger partial charge < -0.3 is 0 Å². The third-order valence-electron chi connectivity index (χ3n) is 8.38. The highest BCUT2D eigenvalue weighted by atomic mass is 32.1. The summed E-state index contributed by atoms with van der Waals surface area (Å²) in [5.41, 5.74) is 9.84. The van der Waals surface area contributed by atoms with E-state index >= 15 is 0 Å². The summed E-state index contributed by atoms with van der Waals surface area (Å²) in [4.78, 5) is 15.8. The van der Waals surface area contributed by atoms with Gasteiger partial charge in [0.2, 0.25) is 0 Å². The average Bonchev–Trinajstić information content (AvgIpc) is 3.91. The van der Waals surface area contributed by atoms with E-state index in [-0.39, 0.29) is 0 Å². The van der Waals surface area contributed by atoms with Crippen molar-refractivity contribution in [3.8, 4) is 21.0 Å². The van der Waals surface area contributed by atoms with Crippen LogP contribution in [-0.2, 0) is 0 Å². The van der Waals surface area contributed by atoms with E-state index in [1.807, 2.05) is 34.0 Å². The Morgan fingerprint density at radius 3 is 1.71 bits per heavy atom. The number of aromatic nitrogens is 1. The maximum absolute atomic E-state index is 5.75. The lowest BCUT2D eigenvalue weighted by Crippen LogP contribution is -2.29. The molecular formula is C37H20N2S6. The minimum atomic E-state index is 1.01. The normalized spacial score (nSPS) is 14.0. The molecule has 214 valence electrons. The second kappa shape index (κ2) is 10.3. The number of rotatable bonds is 5. The minimum Gasteiger partial charge on any atom is -0.290 e. The number of anilines is 1. The SMILES string of the molecule is c1csc(C2=C(c3cccs3)N3C(=C(c4cccs4)c4cccc5c(-c6cccs6)c(-c6cccs6)nc3c45)c3sccc32)c1. The average molecular weight is 685 g/mol. The Balaban J connectivity index is 1.43. The van der Waals surface area contributed by atoms with Gasteiger partial charge in [-0.05, 0) is 79.6 Å². The van der Waals surface area contributed by atoms with Gasteiger partial charge in [-0.2, -0.15) is 0 Å². The van der Waals surface area contributed by atoms with Gasteiger partial charge in [-0.1, -0.05) is 48.5 Å². The number of benzene rings is 1. The molecule has 45 heavy (non-hydrogen) atoms. The summed E-state index contributed by atoms with van der Waals surface area (Å²) in [6.45, 7) is 0. The molecule has 2 aliphatic heterocycles. The molecule has 0 saturated heterocycles. The summed E-state index contributed by atoms with van der Waals surface area (Å²) in [6.07, 6.45) is 0. The zero-order valence-electron chi connectivity index (χ0n) is 23.4. The van der Waals surface area contributed by atoms with Gasteiger partial charge in [0.25, 0.3) is 0 Å². The molecule has 2 nitrogen and oxygen atoms in total. The first kappa shape index (κ1) is 26.3. The Labute approximate surface area is 283 Å². The Bertz CT molecular complexity index is 2400. The van der Waals surface area contributed by atoms with Crippen LogP contribution >= 0.6 is 68.0 Å². The van der Waals surface area contributed by atoms with Crippen molar-refractivity contribution in [1.82, 2.24) is 4.98 Å². The molecule has 10 rings (SSSR count). The monoisotopic (exact) mass is 684 g/mol. The zero-order chi connectivity index (χ0) is 29.5. The maximum Gasteiger partial charge on any atom is 0.147 e. The first-order valence-corrected chi connectivity index (χ1v) is 19.7. The summed E-state index contributed by atoms with van der Waals surface area (Å²) in [5.74, 6) is 1.01. The fourth-order valence-corrected chi connectivity index (χ4v) is 11.5. The van der Waals surface area contributed by atoms with Gasteiger partial charge in [-0.3, -0.25) is 4.90 Å². The smallest absolute Gasteiger partial charge is 0.147 e. The summed E-state index contributed by atoms with van der Waals surface area (Å²) in [5, 5.41) is 15.6. The van der Waals surface area contributed by atoms with Crippen LogP contribution in [-0.4, -0.2) is 4.98 Å². The molecule has 0 spiro atoms. The highest BCUT2D eigenvalue weighted by Crippen LogP contribution is 2.59. The molecule has 0 radical (unpaired) electrons. The molecule has 8 aromatic rings. The van der Waals surface area contributed by atoms with E-state index in [1.165, 1.54) is 79.3 Å². The van der Waals surface area contributed by atoms with Crippen molar-refractivity contribution in [2.75, 3.05) is 4.90 Å². The first-order chi connectivity index (χ1) is 22.4. The Hall–Kier alpha value is -3.89.